The van der Waals surface area contributed by atoms with E-state index in [9.17, 15) is 23.3 Å². The Hall–Kier alpha value is -3.00. The Morgan fingerprint density at radius 2 is 1.89 bits per heavy atom. The number of benzene rings is 2. The largest absolute Gasteiger partial charge is 0.326 e. The molecular formula is C16H13ClN4O5S. The minimum Gasteiger partial charge on any atom is -0.326 e. The number of anilines is 1. The van der Waals surface area contributed by atoms with Gasteiger partial charge in [-0.1, -0.05) is 11.6 Å². The summed E-state index contributed by atoms with van der Waals surface area (Å²) >= 11 is 5.87. The van der Waals surface area contributed by atoms with Crippen molar-refractivity contribution in [2.24, 2.45) is 0 Å². The van der Waals surface area contributed by atoms with E-state index in [2.05, 4.69) is 10.0 Å². The van der Waals surface area contributed by atoms with Crippen molar-refractivity contribution < 1.29 is 18.1 Å². The molecule has 27 heavy (non-hydrogen) atoms. The lowest BCUT2D eigenvalue weighted by atomic mass is 10.2. The van der Waals surface area contributed by atoms with Crippen LogP contribution in [0.3, 0.4) is 0 Å². The van der Waals surface area contributed by atoms with Gasteiger partial charge in [-0.05, 0) is 30.3 Å². The topological polar surface area (TPSA) is 142 Å². The van der Waals surface area contributed by atoms with Gasteiger partial charge in [-0.3, -0.25) is 14.9 Å². The molecule has 0 aliphatic carbocycles. The number of hydrogen-bond acceptors (Lipinski definition) is 6. The number of nitro groups is 1. The molecule has 0 fully saturated rings. The van der Waals surface area contributed by atoms with Gasteiger partial charge in [-0.15, -0.1) is 0 Å². The number of amides is 1. The predicted octanol–water partition coefficient (Wildman–Crippen LogP) is 2.43. The van der Waals surface area contributed by atoms with Crippen molar-refractivity contribution in [3.05, 3.63) is 63.2 Å². The molecule has 0 saturated carbocycles. The molecule has 0 atom stereocenters. The third-order valence-corrected chi connectivity index (χ3v) is 5.16. The molecule has 2 aromatic carbocycles. The van der Waals surface area contributed by atoms with E-state index in [-0.39, 0.29) is 34.1 Å². The molecule has 0 saturated heterocycles. The first-order chi connectivity index (χ1) is 12.7. The Bertz CT molecular complexity index is 1020. The SMILES string of the molecule is N#Cc1ccc(NC(=O)CCNS(=O)(=O)c2ccc([N+](=O)[O-])cc2)cc1Cl. The van der Waals surface area contributed by atoms with Crippen LogP contribution in [0.25, 0.3) is 0 Å². The van der Waals surface area contributed by atoms with Crippen molar-refractivity contribution in [1.29, 1.82) is 5.26 Å². The second-order valence-electron chi connectivity index (χ2n) is 5.25. The Balaban J connectivity index is 1.91. The number of nitrogens with zero attached hydrogens (tertiary/aromatic N) is 2. The standard InChI is InChI=1S/C16H13ClN4O5S/c17-15-9-12(2-1-11(15)10-18)20-16(22)7-8-19-27(25,26)14-5-3-13(4-6-14)21(23)24/h1-6,9,19H,7-8H2,(H,20,22). The molecule has 0 aromatic heterocycles. The molecular weight excluding hydrogens is 396 g/mol. The summed E-state index contributed by atoms with van der Waals surface area (Å²) in [5.41, 5.74) is 0.419. The van der Waals surface area contributed by atoms with Crippen LogP contribution in [0.2, 0.25) is 5.02 Å². The first-order valence-electron chi connectivity index (χ1n) is 7.46. The van der Waals surface area contributed by atoms with Gasteiger partial charge in [0.05, 0.1) is 20.4 Å². The highest BCUT2D eigenvalue weighted by Crippen LogP contribution is 2.20. The summed E-state index contributed by atoms with van der Waals surface area (Å²) in [6.07, 6.45) is -0.149. The third kappa shape index (κ3) is 5.49. The zero-order valence-corrected chi connectivity index (χ0v) is 15.2. The first-order valence-corrected chi connectivity index (χ1v) is 9.32. The molecule has 0 heterocycles. The molecule has 0 spiro atoms. The van der Waals surface area contributed by atoms with E-state index in [1.165, 1.54) is 18.2 Å². The fourth-order valence-corrected chi connectivity index (χ4v) is 3.29. The fraction of sp³-hybridized carbons (Fsp3) is 0.125. The summed E-state index contributed by atoms with van der Waals surface area (Å²) in [6.45, 7) is -0.171. The summed E-state index contributed by atoms with van der Waals surface area (Å²) in [4.78, 5) is 21.7. The van der Waals surface area contributed by atoms with Crippen molar-refractivity contribution in [3.8, 4) is 6.07 Å². The monoisotopic (exact) mass is 408 g/mol. The fourth-order valence-electron chi connectivity index (χ4n) is 2.04. The van der Waals surface area contributed by atoms with Gasteiger partial charge < -0.3 is 5.32 Å². The lowest BCUT2D eigenvalue weighted by Gasteiger charge is -2.08. The minimum absolute atomic E-state index is 0.146. The number of nitro benzene ring substituents is 1. The van der Waals surface area contributed by atoms with Crippen LogP contribution >= 0.6 is 11.6 Å². The van der Waals surface area contributed by atoms with E-state index in [0.29, 0.717) is 5.69 Å². The molecule has 0 bridgehead atoms. The van der Waals surface area contributed by atoms with Gasteiger partial charge in [0, 0.05) is 30.8 Å². The van der Waals surface area contributed by atoms with Gasteiger partial charge in [0.25, 0.3) is 5.69 Å². The molecule has 2 N–H and O–H groups in total. The second kappa shape index (κ2) is 8.59. The summed E-state index contributed by atoms with van der Waals surface area (Å²) in [7, 11) is -3.90. The molecule has 0 unspecified atom stereocenters. The van der Waals surface area contributed by atoms with Crippen molar-refractivity contribution in [1.82, 2.24) is 4.72 Å². The number of carbonyl (C=O) groups excluding carboxylic acids is 1. The van der Waals surface area contributed by atoms with E-state index in [0.717, 1.165) is 24.3 Å². The summed E-state index contributed by atoms with van der Waals surface area (Å²) < 4.78 is 26.5. The zero-order valence-electron chi connectivity index (χ0n) is 13.7. The maximum Gasteiger partial charge on any atom is 0.269 e. The lowest BCUT2D eigenvalue weighted by molar-refractivity contribution is -0.384. The smallest absolute Gasteiger partial charge is 0.269 e. The highest BCUT2D eigenvalue weighted by Gasteiger charge is 2.16. The summed E-state index contributed by atoms with van der Waals surface area (Å²) in [6, 6.07) is 10.6. The Labute approximate surface area is 159 Å². The van der Waals surface area contributed by atoms with Crippen LogP contribution in [-0.2, 0) is 14.8 Å². The van der Waals surface area contributed by atoms with Crippen molar-refractivity contribution in [2.75, 3.05) is 11.9 Å². The van der Waals surface area contributed by atoms with E-state index in [4.69, 9.17) is 16.9 Å². The average Bonchev–Trinajstić information content (AvgIpc) is 2.61. The van der Waals surface area contributed by atoms with Gasteiger partial charge in [0.2, 0.25) is 15.9 Å². The molecule has 140 valence electrons. The normalized spacial score (nSPS) is 10.8. The lowest BCUT2D eigenvalue weighted by Crippen LogP contribution is -2.27. The average molecular weight is 409 g/mol. The number of carbonyl (C=O) groups is 1. The molecule has 0 aliphatic rings. The highest BCUT2D eigenvalue weighted by molar-refractivity contribution is 7.89. The Kier molecular flexibility index (Phi) is 6.46. The van der Waals surface area contributed by atoms with Crippen molar-refractivity contribution >= 4 is 38.9 Å². The zero-order chi connectivity index (χ0) is 20.0. The Morgan fingerprint density at radius 1 is 1.22 bits per heavy atom. The van der Waals surface area contributed by atoms with Crippen LogP contribution in [-0.4, -0.2) is 25.8 Å². The second-order valence-corrected chi connectivity index (χ2v) is 7.43. The van der Waals surface area contributed by atoms with Crippen LogP contribution in [0.4, 0.5) is 11.4 Å². The van der Waals surface area contributed by atoms with E-state index in [1.807, 2.05) is 6.07 Å². The van der Waals surface area contributed by atoms with Crippen LogP contribution in [0.1, 0.15) is 12.0 Å². The molecule has 0 aliphatic heterocycles. The minimum atomic E-state index is -3.90. The van der Waals surface area contributed by atoms with E-state index >= 15 is 0 Å². The van der Waals surface area contributed by atoms with Gasteiger partial charge in [0.1, 0.15) is 6.07 Å². The maximum atomic E-state index is 12.1. The number of nitriles is 1. The van der Waals surface area contributed by atoms with E-state index < -0.39 is 20.9 Å². The molecule has 9 nitrogen and oxygen atoms in total. The molecule has 1 amide bonds. The third-order valence-electron chi connectivity index (χ3n) is 3.38. The highest BCUT2D eigenvalue weighted by atomic mass is 35.5. The number of halogens is 1. The molecule has 0 radical (unpaired) electrons. The first kappa shape index (κ1) is 20.3. The van der Waals surface area contributed by atoms with Crippen molar-refractivity contribution in [3.63, 3.8) is 0 Å². The maximum absolute atomic E-state index is 12.1. The summed E-state index contributed by atoms with van der Waals surface area (Å²) in [5.74, 6) is -0.456. The van der Waals surface area contributed by atoms with Gasteiger partial charge in [0.15, 0.2) is 0 Å². The van der Waals surface area contributed by atoms with Crippen LogP contribution in [0.5, 0.6) is 0 Å². The molecule has 2 rings (SSSR count). The van der Waals surface area contributed by atoms with Crippen LogP contribution < -0.4 is 10.0 Å². The Morgan fingerprint density at radius 3 is 2.44 bits per heavy atom. The van der Waals surface area contributed by atoms with E-state index in [1.54, 1.807) is 0 Å². The predicted molar refractivity (Wildman–Crippen MR) is 97.7 cm³/mol. The van der Waals surface area contributed by atoms with Crippen LogP contribution in [0.15, 0.2) is 47.4 Å². The van der Waals surface area contributed by atoms with Crippen LogP contribution in [0, 0.1) is 21.4 Å². The molecule has 2 aromatic rings. The number of hydrogen-bond donors (Lipinski definition) is 2. The number of nitrogens with one attached hydrogen (secondary N) is 2. The van der Waals surface area contributed by atoms with Gasteiger partial charge >= 0.3 is 0 Å². The number of rotatable bonds is 7. The van der Waals surface area contributed by atoms with Gasteiger partial charge in [-0.25, -0.2) is 13.1 Å². The number of sulfonamides is 1. The summed E-state index contributed by atoms with van der Waals surface area (Å²) in [5, 5.41) is 22.1. The van der Waals surface area contributed by atoms with Gasteiger partial charge in [-0.2, -0.15) is 5.26 Å². The number of non-ortho nitro benzene ring substituents is 1. The quantitative estimate of drug-likeness (QED) is 0.532. The molecule has 11 heteroatoms. The van der Waals surface area contributed by atoms with Crippen molar-refractivity contribution in [2.45, 2.75) is 11.3 Å².